The molecule has 0 spiro atoms. The maximum atomic E-state index is 12.5. The SMILES string of the molecule is CC1(SCC(NC(=O)CCC(N)C(=O)O)C(=O)NCC(=O)O)C(=O)Nc2ccccc21. The van der Waals surface area contributed by atoms with Crippen LogP contribution in [0.1, 0.15) is 25.3 Å². The second-order valence-corrected chi connectivity index (χ2v) is 8.50. The average Bonchev–Trinajstić information content (AvgIpc) is 2.97. The molecule has 0 saturated carbocycles. The smallest absolute Gasteiger partial charge is 0.322 e. The van der Waals surface area contributed by atoms with Crippen molar-refractivity contribution in [3.05, 3.63) is 29.8 Å². The zero-order chi connectivity index (χ0) is 23.2. The number of nitrogens with one attached hydrogen (secondary N) is 3. The summed E-state index contributed by atoms with van der Waals surface area (Å²) in [7, 11) is 0. The minimum absolute atomic E-state index is 0.0274. The van der Waals surface area contributed by atoms with Gasteiger partial charge in [-0.3, -0.25) is 24.0 Å². The fourth-order valence-electron chi connectivity index (χ4n) is 2.91. The zero-order valence-corrected chi connectivity index (χ0v) is 17.5. The fourth-order valence-corrected chi connectivity index (χ4v) is 4.16. The number of carbonyl (C=O) groups excluding carboxylic acids is 3. The maximum Gasteiger partial charge on any atom is 0.322 e. The minimum Gasteiger partial charge on any atom is -0.480 e. The highest BCUT2D eigenvalue weighted by atomic mass is 32.2. The van der Waals surface area contributed by atoms with E-state index in [-0.39, 0.29) is 24.5 Å². The van der Waals surface area contributed by atoms with Crippen LogP contribution in [0.3, 0.4) is 0 Å². The Kier molecular flexibility index (Phi) is 8.00. The first-order valence-corrected chi connectivity index (χ1v) is 10.4. The number of thioether (sulfide) groups is 1. The third-order valence-electron chi connectivity index (χ3n) is 4.73. The van der Waals surface area contributed by atoms with Gasteiger partial charge in [-0.1, -0.05) is 18.2 Å². The second-order valence-electron chi connectivity index (χ2n) is 7.06. The molecule has 12 heteroatoms. The molecule has 2 rings (SSSR count). The molecule has 1 aliphatic rings. The zero-order valence-electron chi connectivity index (χ0n) is 16.7. The van der Waals surface area contributed by atoms with Crippen molar-refractivity contribution in [2.75, 3.05) is 17.6 Å². The Bertz CT molecular complexity index is 894. The monoisotopic (exact) mass is 452 g/mol. The summed E-state index contributed by atoms with van der Waals surface area (Å²) < 4.78 is -1.02. The Balaban J connectivity index is 2.09. The first-order valence-electron chi connectivity index (χ1n) is 9.36. The number of carboxylic acids is 2. The van der Waals surface area contributed by atoms with E-state index in [4.69, 9.17) is 15.9 Å². The van der Waals surface area contributed by atoms with E-state index in [1.165, 1.54) is 0 Å². The summed E-state index contributed by atoms with van der Waals surface area (Å²) >= 11 is 1.13. The van der Waals surface area contributed by atoms with Crippen LogP contribution in [-0.2, 0) is 28.7 Å². The van der Waals surface area contributed by atoms with Crippen LogP contribution in [0.4, 0.5) is 5.69 Å². The number of aliphatic carboxylic acids is 2. The van der Waals surface area contributed by atoms with Crippen LogP contribution < -0.4 is 21.7 Å². The van der Waals surface area contributed by atoms with Crippen molar-refractivity contribution in [3.8, 4) is 0 Å². The van der Waals surface area contributed by atoms with Crippen LogP contribution in [0.2, 0.25) is 0 Å². The molecule has 3 amide bonds. The normalized spacial score (nSPS) is 19.0. The van der Waals surface area contributed by atoms with Crippen LogP contribution in [0.15, 0.2) is 24.3 Å². The number of amides is 3. The minimum atomic E-state index is -1.26. The third kappa shape index (κ3) is 6.18. The van der Waals surface area contributed by atoms with Gasteiger partial charge in [0.1, 0.15) is 23.4 Å². The lowest BCUT2D eigenvalue weighted by atomic mass is 10.0. The lowest BCUT2D eigenvalue weighted by molar-refractivity contribution is -0.139. The van der Waals surface area contributed by atoms with Gasteiger partial charge in [0.15, 0.2) is 0 Å². The predicted octanol–water partition coefficient (Wildman–Crippen LogP) is -0.535. The summed E-state index contributed by atoms with van der Waals surface area (Å²) in [4.78, 5) is 58.8. The van der Waals surface area contributed by atoms with Gasteiger partial charge in [-0.2, -0.15) is 0 Å². The van der Waals surface area contributed by atoms with E-state index in [0.29, 0.717) is 5.69 Å². The molecule has 31 heavy (non-hydrogen) atoms. The molecule has 0 bridgehead atoms. The Morgan fingerprint density at radius 3 is 2.55 bits per heavy atom. The average molecular weight is 452 g/mol. The lowest BCUT2D eigenvalue weighted by Crippen LogP contribution is -2.50. The van der Waals surface area contributed by atoms with Crippen molar-refractivity contribution >= 4 is 47.1 Å². The third-order valence-corrected chi connectivity index (χ3v) is 6.21. The number of anilines is 1. The molecule has 0 aliphatic carbocycles. The van der Waals surface area contributed by atoms with Crippen molar-refractivity contribution in [3.63, 3.8) is 0 Å². The number of carbonyl (C=O) groups is 5. The molecule has 1 aromatic carbocycles. The molecule has 0 fully saturated rings. The summed E-state index contributed by atoms with van der Waals surface area (Å²) in [6.07, 6.45) is -0.368. The molecule has 3 unspecified atom stereocenters. The number of benzene rings is 1. The summed E-state index contributed by atoms with van der Waals surface area (Å²) in [5.41, 5.74) is 6.77. The molecule has 1 heterocycles. The highest BCUT2D eigenvalue weighted by Crippen LogP contribution is 2.45. The number of rotatable bonds is 11. The molecule has 0 aromatic heterocycles. The molecule has 168 valence electrons. The summed E-state index contributed by atoms with van der Waals surface area (Å²) in [5, 5.41) is 25.0. The highest BCUT2D eigenvalue weighted by molar-refractivity contribution is 8.01. The molecular formula is C19H24N4O7S. The van der Waals surface area contributed by atoms with Crippen LogP contribution in [0.25, 0.3) is 0 Å². The number of fused-ring (bicyclic) bond motifs is 1. The van der Waals surface area contributed by atoms with Gasteiger partial charge in [-0.25, -0.2) is 0 Å². The number of para-hydroxylation sites is 1. The predicted molar refractivity (Wildman–Crippen MR) is 112 cm³/mol. The number of nitrogens with two attached hydrogens (primary N) is 1. The van der Waals surface area contributed by atoms with Gasteiger partial charge in [0.25, 0.3) is 0 Å². The van der Waals surface area contributed by atoms with Crippen molar-refractivity contribution in [1.82, 2.24) is 10.6 Å². The van der Waals surface area contributed by atoms with E-state index in [1.54, 1.807) is 31.2 Å². The van der Waals surface area contributed by atoms with Crippen LogP contribution in [0, 0.1) is 0 Å². The molecule has 1 aromatic rings. The molecule has 0 radical (unpaired) electrons. The quantitative estimate of drug-likeness (QED) is 0.256. The van der Waals surface area contributed by atoms with Crippen LogP contribution >= 0.6 is 11.8 Å². The largest absolute Gasteiger partial charge is 0.480 e. The first kappa shape index (κ1) is 24.2. The highest BCUT2D eigenvalue weighted by Gasteiger charge is 2.43. The van der Waals surface area contributed by atoms with Gasteiger partial charge < -0.3 is 31.9 Å². The Hall–Kier alpha value is -3.12. The van der Waals surface area contributed by atoms with Crippen molar-refractivity contribution < 1.29 is 34.2 Å². The Morgan fingerprint density at radius 2 is 1.90 bits per heavy atom. The number of carboxylic acid groups (broad SMARTS) is 2. The summed E-state index contributed by atoms with van der Waals surface area (Å²) in [6.45, 7) is 1.05. The standard InChI is InChI=1S/C19H24N4O7S/c1-19(10-4-2-3-5-12(10)23-18(19)30)31-9-13(16(27)21-8-15(25)26)22-14(24)7-6-11(20)17(28)29/h2-5,11,13H,6-9,20H2,1H3,(H,21,27)(H,22,24)(H,23,30)(H,25,26)(H,28,29). The van der Waals surface area contributed by atoms with E-state index >= 15 is 0 Å². The van der Waals surface area contributed by atoms with Crippen molar-refractivity contribution in [2.45, 2.75) is 36.6 Å². The summed E-state index contributed by atoms with van der Waals surface area (Å²) in [6, 6.07) is 4.73. The molecule has 11 nitrogen and oxygen atoms in total. The first-order chi connectivity index (χ1) is 14.5. The number of hydrogen-bond donors (Lipinski definition) is 6. The molecular weight excluding hydrogens is 428 g/mol. The van der Waals surface area contributed by atoms with Crippen LogP contribution in [0.5, 0.6) is 0 Å². The Morgan fingerprint density at radius 1 is 1.23 bits per heavy atom. The van der Waals surface area contributed by atoms with E-state index in [2.05, 4.69) is 16.0 Å². The van der Waals surface area contributed by atoms with E-state index < -0.39 is 47.1 Å². The van der Waals surface area contributed by atoms with Gasteiger partial charge in [0, 0.05) is 23.4 Å². The topological polar surface area (TPSA) is 188 Å². The van der Waals surface area contributed by atoms with Gasteiger partial charge in [-0.05, 0) is 19.4 Å². The lowest BCUT2D eigenvalue weighted by Gasteiger charge is -2.25. The molecule has 1 aliphatic heterocycles. The van der Waals surface area contributed by atoms with Gasteiger partial charge >= 0.3 is 11.9 Å². The summed E-state index contributed by atoms with van der Waals surface area (Å²) in [5.74, 6) is -4.16. The van der Waals surface area contributed by atoms with Gasteiger partial charge in [0.2, 0.25) is 17.7 Å². The molecule has 0 saturated heterocycles. The maximum absolute atomic E-state index is 12.5. The van der Waals surface area contributed by atoms with Gasteiger partial charge in [0.05, 0.1) is 0 Å². The van der Waals surface area contributed by atoms with Crippen molar-refractivity contribution in [1.29, 1.82) is 0 Å². The van der Waals surface area contributed by atoms with E-state index in [0.717, 1.165) is 17.3 Å². The van der Waals surface area contributed by atoms with Crippen LogP contribution in [-0.4, -0.2) is 64.3 Å². The van der Waals surface area contributed by atoms with E-state index in [1.807, 2.05) is 0 Å². The molecule has 7 N–H and O–H groups in total. The van der Waals surface area contributed by atoms with Gasteiger partial charge in [-0.15, -0.1) is 11.8 Å². The van der Waals surface area contributed by atoms with E-state index in [9.17, 15) is 24.0 Å². The van der Waals surface area contributed by atoms with Crippen molar-refractivity contribution in [2.24, 2.45) is 5.73 Å². The number of hydrogen-bond acceptors (Lipinski definition) is 7. The molecule has 3 atom stereocenters. The fraction of sp³-hybridized carbons (Fsp3) is 0.421. The second kappa shape index (κ2) is 10.3. The Labute approximate surface area is 182 Å².